The van der Waals surface area contributed by atoms with Crippen LogP contribution in [0.15, 0.2) is 36.8 Å². The van der Waals surface area contributed by atoms with Crippen molar-refractivity contribution in [1.82, 2.24) is 24.8 Å². The third kappa shape index (κ3) is 5.75. The van der Waals surface area contributed by atoms with Gasteiger partial charge in [-0.2, -0.15) is 0 Å². The molecule has 0 saturated carbocycles. The van der Waals surface area contributed by atoms with Crippen molar-refractivity contribution in [2.75, 3.05) is 44.7 Å². The number of nitrogens with zero attached hydrogens (tertiary/aromatic N) is 5. The fourth-order valence-corrected chi connectivity index (χ4v) is 4.05. The largest absolute Gasteiger partial charge is 0.370 e. The molecular weight excluding hydrogens is 396 g/mol. The van der Waals surface area contributed by atoms with E-state index in [1.807, 2.05) is 23.1 Å². The molecule has 2 amide bonds. The molecule has 2 fully saturated rings. The molecule has 31 heavy (non-hydrogen) atoms. The average Bonchev–Trinajstić information content (AvgIpc) is 3.22. The number of hydrogen-bond acceptors (Lipinski definition) is 7. The summed E-state index contributed by atoms with van der Waals surface area (Å²) in [6, 6.07) is 5.86. The average molecular weight is 425 g/mol. The predicted octanol–water partition coefficient (Wildman–Crippen LogP) is 1.96. The minimum Gasteiger partial charge on any atom is -0.370 e. The van der Waals surface area contributed by atoms with Gasteiger partial charge in [0.2, 0.25) is 11.8 Å². The van der Waals surface area contributed by atoms with E-state index in [0.717, 1.165) is 38.0 Å². The van der Waals surface area contributed by atoms with Crippen molar-refractivity contribution in [2.45, 2.75) is 31.6 Å². The SMILES string of the molecule is O=C1CCCN1CCOCC(=O)N1CCC[C@@H](c2cccc(Nc3cnccn3)n2)C1. The molecule has 0 aliphatic carbocycles. The quantitative estimate of drug-likeness (QED) is 0.647. The first kappa shape index (κ1) is 21.2. The van der Waals surface area contributed by atoms with Gasteiger partial charge in [0.1, 0.15) is 18.2 Å². The number of carbonyl (C=O) groups excluding carboxylic acids is 2. The standard InChI is InChI=1S/C22H28N6O3/c29-21-7-3-10-27(21)12-13-31-16-22(30)28-11-2-4-17(15-28)18-5-1-6-19(25-18)26-20-14-23-8-9-24-20/h1,5-6,8-9,14,17H,2-4,7,10-13,15-16H2,(H,24,25,26)/t17-/m1/s1. The molecule has 2 saturated heterocycles. The number of pyridine rings is 1. The van der Waals surface area contributed by atoms with Crippen molar-refractivity contribution >= 4 is 23.5 Å². The van der Waals surface area contributed by atoms with E-state index >= 15 is 0 Å². The Hall–Kier alpha value is -3.07. The van der Waals surface area contributed by atoms with Gasteiger partial charge in [-0.3, -0.25) is 14.6 Å². The van der Waals surface area contributed by atoms with Crippen LogP contribution >= 0.6 is 0 Å². The van der Waals surface area contributed by atoms with Crippen LogP contribution in [0.3, 0.4) is 0 Å². The van der Waals surface area contributed by atoms with Gasteiger partial charge >= 0.3 is 0 Å². The maximum atomic E-state index is 12.6. The van der Waals surface area contributed by atoms with Gasteiger partial charge in [0.05, 0.1) is 12.8 Å². The Bertz CT molecular complexity index is 894. The second kappa shape index (κ2) is 10.3. The van der Waals surface area contributed by atoms with Crippen molar-refractivity contribution in [3.63, 3.8) is 0 Å². The van der Waals surface area contributed by atoms with E-state index in [-0.39, 0.29) is 24.3 Å². The molecule has 1 N–H and O–H groups in total. The van der Waals surface area contributed by atoms with Crippen molar-refractivity contribution in [1.29, 1.82) is 0 Å². The molecule has 4 rings (SSSR count). The fraction of sp³-hybridized carbons (Fsp3) is 0.500. The first-order chi connectivity index (χ1) is 15.2. The Labute approximate surface area is 181 Å². The summed E-state index contributed by atoms with van der Waals surface area (Å²) in [7, 11) is 0. The number of hydrogen-bond donors (Lipinski definition) is 1. The van der Waals surface area contributed by atoms with Crippen molar-refractivity contribution in [3.8, 4) is 0 Å². The van der Waals surface area contributed by atoms with Gasteiger partial charge in [-0.25, -0.2) is 9.97 Å². The lowest BCUT2D eigenvalue weighted by Gasteiger charge is -2.32. The first-order valence-electron chi connectivity index (χ1n) is 10.8. The molecule has 9 nitrogen and oxygen atoms in total. The summed E-state index contributed by atoms with van der Waals surface area (Å²) >= 11 is 0. The lowest BCUT2D eigenvalue weighted by Crippen LogP contribution is -2.41. The minimum atomic E-state index is -0.00807. The molecule has 1 atom stereocenters. The molecule has 0 unspecified atom stereocenters. The molecule has 0 spiro atoms. The number of amides is 2. The summed E-state index contributed by atoms with van der Waals surface area (Å²) in [6.45, 7) is 3.17. The fourth-order valence-electron chi connectivity index (χ4n) is 4.05. The zero-order valence-corrected chi connectivity index (χ0v) is 17.6. The summed E-state index contributed by atoms with van der Waals surface area (Å²) in [6.07, 6.45) is 8.36. The number of aromatic nitrogens is 3. The molecule has 2 aliphatic heterocycles. The molecule has 164 valence electrons. The van der Waals surface area contributed by atoms with E-state index in [9.17, 15) is 9.59 Å². The van der Waals surface area contributed by atoms with Crippen LogP contribution in [0.2, 0.25) is 0 Å². The van der Waals surface area contributed by atoms with Gasteiger partial charge in [-0.15, -0.1) is 0 Å². The van der Waals surface area contributed by atoms with E-state index < -0.39 is 0 Å². The Balaban J connectivity index is 1.27. The second-order valence-electron chi connectivity index (χ2n) is 7.88. The zero-order valence-electron chi connectivity index (χ0n) is 17.6. The highest BCUT2D eigenvalue weighted by Crippen LogP contribution is 2.27. The lowest BCUT2D eigenvalue weighted by molar-refractivity contribution is -0.137. The molecule has 9 heteroatoms. The third-order valence-corrected chi connectivity index (χ3v) is 5.68. The molecule has 0 bridgehead atoms. The molecule has 4 heterocycles. The highest BCUT2D eigenvalue weighted by molar-refractivity contribution is 5.78. The van der Waals surface area contributed by atoms with Crippen LogP contribution in [0, 0.1) is 0 Å². The van der Waals surface area contributed by atoms with Gasteiger partial charge < -0.3 is 19.9 Å². The summed E-state index contributed by atoms with van der Waals surface area (Å²) in [4.78, 5) is 40.9. The molecule has 2 aromatic rings. The van der Waals surface area contributed by atoms with Gasteiger partial charge in [-0.05, 0) is 31.4 Å². The Morgan fingerprint density at radius 2 is 2.13 bits per heavy atom. The smallest absolute Gasteiger partial charge is 0.248 e. The summed E-state index contributed by atoms with van der Waals surface area (Å²) in [5.74, 6) is 1.70. The second-order valence-corrected chi connectivity index (χ2v) is 7.88. The monoisotopic (exact) mass is 424 g/mol. The number of ether oxygens (including phenoxy) is 1. The van der Waals surface area contributed by atoms with E-state index in [2.05, 4.69) is 15.3 Å². The number of rotatable bonds is 8. The highest BCUT2D eigenvalue weighted by Gasteiger charge is 2.26. The molecule has 2 aliphatic rings. The minimum absolute atomic E-state index is 0.00807. The summed E-state index contributed by atoms with van der Waals surface area (Å²) in [5, 5.41) is 3.16. The lowest BCUT2D eigenvalue weighted by atomic mass is 9.94. The van der Waals surface area contributed by atoms with Crippen LogP contribution in [0.25, 0.3) is 0 Å². The molecular formula is C22H28N6O3. The van der Waals surface area contributed by atoms with Crippen molar-refractivity contribution in [3.05, 3.63) is 42.5 Å². The number of carbonyl (C=O) groups is 2. The summed E-state index contributed by atoms with van der Waals surface area (Å²) < 4.78 is 5.56. The Morgan fingerprint density at radius 1 is 1.19 bits per heavy atom. The van der Waals surface area contributed by atoms with Crippen LogP contribution in [0.1, 0.15) is 37.3 Å². The molecule has 0 aromatic carbocycles. The van der Waals surface area contributed by atoms with Crippen LogP contribution in [0.4, 0.5) is 11.6 Å². The van der Waals surface area contributed by atoms with Crippen molar-refractivity contribution in [2.24, 2.45) is 0 Å². The number of piperidine rings is 1. The van der Waals surface area contributed by atoms with E-state index in [0.29, 0.717) is 37.8 Å². The van der Waals surface area contributed by atoms with Crippen LogP contribution in [-0.2, 0) is 14.3 Å². The molecule has 2 aromatic heterocycles. The predicted molar refractivity (Wildman–Crippen MR) is 115 cm³/mol. The van der Waals surface area contributed by atoms with E-state index in [4.69, 9.17) is 9.72 Å². The Morgan fingerprint density at radius 3 is 2.94 bits per heavy atom. The van der Waals surface area contributed by atoms with Gasteiger partial charge in [0.15, 0.2) is 0 Å². The maximum absolute atomic E-state index is 12.6. The topological polar surface area (TPSA) is 101 Å². The Kier molecular flexibility index (Phi) is 7.03. The molecule has 0 radical (unpaired) electrons. The van der Waals surface area contributed by atoms with E-state index in [1.54, 1.807) is 23.5 Å². The normalized spacial score (nSPS) is 19.0. The van der Waals surface area contributed by atoms with Crippen LogP contribution in [0.5, 0.6) is 0 Å². The zero-order chi connectivity index (χ0) is 21.5. The third-order valence-electron chi connectivity index (χ3n) is 5.68. The van der Waals surface area contributed by atoms with Gasteiger partial charge in [-0.1, -0.05) is 6.07 Å². The van der Waals surface area contributed by atoms with E-state index in [1.165, 1.54) is 0 Å². The van der Waals surface area contributed by atoms with Gasteiger partial charge in [0, 0.05) is 56.6 Å². The van der Waals surface area contributed by atoms with Gasteiger partial charge in [0.25, 0.3) is 0 Å². The number of anilines is 2. The van der Waals surface area contributed by atoms with Crippen LogP contribution < -0.4 is 5.32 Å². The van der Waals surface area contributed by atoms with Crippen LogP contribution in [-0.4, -0.2) is 76.0 Å². The highest BCUT2D eigenvalue weighted by atomic mass is 16.5. The van der Waals surface area contributed by atoms with Crippen molar-refractivity contribution < 1.29 is 14.3 Å². The number of likely N-dealkylation sites (tertiary alicyclic amines) is 2. The number of nitrogens with one attached hydrogen (secondary N) is 1. The maximum Gasteiger partial charge on any atom is 0.248 e. The first-order valence-corrected chi connectivity index (χ1v) is 10.8. The summed E-state index contributed by atoms with van der Waals surface area (Å²) in [5.41, 5.74) is 0.958.